The number of fused-ring (bicyclic) bond motifs is 6. The summed E-state index contributed by atoms with van der Waals surface area (Å²) in [4.78, 5) is 0. The molecule has 0 aliphatic carbocycles. The smallest absolute Gasteiger partial charge is 0.130 e. The van der Waals surface area contributed by atoms with Gasteiger partial charge < -0.3 is 15.3 Å². The molecular weight excluding hydrogens is 1240 g/mol. The zero-order valence-corrected chi connectivity index (χ0v) is 62.6. The molecule has 0 radical (unpaired) electrons. The molecule has 518 valence electrons. The normalized spacial score (nSPS) is 12.1. The number of nitrogens with zero attached hydrogens (tertiary/aromatic N) is 4. The number of aromatic amines is 4. The van der Waals surface area contributed by atoms with Crippen LogP contribution in [0.4, 0.5) is 8.78 Å². The van der Waals surface area contributed by atoms with Crippen LogP contribution < -0.4 is 0 Å². The van der Waals surface area contributed by atoms with Gasteiger partial charge in [-0.2, -0.15) is 20.4 Å². The van der Waals surface area contributed by atoms with Gasteiger partial charge >= 0.3 is 0 Å². The fourth-order valence-corrected chi connectivity index (χ4v) is 13.3. The minimum Gasteiger partial charge on any atom is -0.508 e. The molecule has 0 fully saturated rings. The lowest BCUT2D eigenvalue weighted by Crippen LogP contribution is -2.14. The third-order valence-electron chi connectivity index (χ3n) is 16.9. The number of aromatic hydroxyl groups is 3. The number of phenolic OH excluding ortho intramolecular Hbond substituents is 3. The van der Waals surface area contributed by atoms with Crippen molar-refractivity contribution in [3.63, 3.8) is 0 Å². The highest BCUT2D eigenvalue weighted by Gasteiger charge is 2.27. The summed E-state index contributed by atoms with van der Waals surface area (Å²) < 4.78 is 26.8. The first-order chi connectivity index (χ1) is 45.4. The number of aromatic nitrogens is 8. The molecule has 13 aromatic rings. The fourth-order valence-electron chi connectivity index (χ4n) is 12.9. The molecule has 0 saturated heterocycles. The number of hydrogen-bond donors (Lipinski definition) is 7. The molecule has 9 aromatic carbocycles. The quantitative estimate of drug-likeness (QED) is 0.0791. The molecule has 13 rings (SSSR count). The lowest BCUT2D eigenvalue weighted by molar-refractivity contribution is 0.429. The number of rotatable bonds is 0. The molecule has 0 spiro atoms. The van der Waals surface area contributed by atoms with Crippen molar-refractivity contribution >= 4 is 76.8 Å². The van der Waals surface area contributed by atoms with Crippen LogP contribution in [0.25, 0.3) is 65.2 Å². The Hall–Kier alpha value is -9.07. The molecule has 4 aromatic heterocycles. The molecule has 0 atom stereocenters. The van der Waals surface area contributed by atoms with Crippen LogP contribution in [0.3, 0.4) is 0 Å². The van der Waals surface area contributed by atoms with Crippen LogP contribution in [0, 0.1) is 25.5 Å². The highest BCUT2D eigenvalue weighted by atomic mass is 35.5. The standard InChI is InChI=1S/2C14H16O.2C12H16N2.C11H13ClN2.C11H13FN2.C10H13FO/c1-14(2,3)13-9-11(15)8-10-6-4-5-7-12(10)13;1-14(2,3)13-11-7-5-4-6-10(11)8-9-12(13)15;1-8-5-6-10-9(7-13-14-10)11(8)12(2,3)4;1-8-5-6-9-7-13-14-11(9)10(8)12(2,3)4;1-11(2,3)10-7-6-13-14-9(7)5-4-8(10)12;1-11(2,3)9-8(12)5-4-7-6-13-14-10(7)9;1-10(2,3)9-7(11)5-4-6-8(9)12/h2*4-9,15H,1-3H3;2*5-7H,1-4H3,(H,13,14);2*4-6H,1-3H3,(H,13,14);4-6,12H,1-3H3. The van der Waals surface area contributed by atoms with E-state index in [0.29, 0.717) is 22.6 Å². The van der Waals surface area contributed by atoms with Gasteiger partial charge in [0.05, 0.1) is 46.9 Å². The van der Waals surface area contributed by atoms with Gasteiger partial charge in [0.25, 0.3) is 0 Å². The number of halogens is 3. The molecule has 98 heavy (non-hydrogen) atoms. The van der Waals surface area contributed by atoms with Crippen LogP contribution in [-0.4, -0.2) is 56.1 Å². The lowest BCUT2D eigenvalue weighted by atomic mass is 9.82. The summed E-state index contributed by atoms with van der Waals surface area (Å²) in [5, 5.41) is 67.0. The van der Waals surface area contributed by atoms with Gasteiger partial charge in [-0.1, -0.05) is 236 Å². The van der Waals surface area contributed by atoms with E-state index < -0.39 is 0 Å². The Kier molecular flexibility index (Phi) is 23.3. The monoisotopic (exact) mass is 1340 g/mol. The van der Waals surface area contributed by atoms with E-state index >= 15 is 0 Å². The second-order valence-corrected chi connectivity index (χ2v) is 32.9. The number of H-pyrrole nitrogens is 4. The van der Waals surface area contributed by atoms with Crippen molar-refractivity contribution in [3.05, 3.63) is 231 Å². The molecule has 0 aliphatic heterocycles. The number of hydrogen-bond acceptors (Lipinski definition) is 7. The van der Waals surface area contributed by atoms with Gasteiger partial charge in [-0.05, 0) is 167 Å². The highest BCUT2D eigenvalue weighted by molar-refractivity contribution is 6.32. The molecule has 14 heteroatoms. The van der Waals surface area contributed by atoms with Crippen molar-refractivity contribution in [2.75, 3.05) is 0 Å². The van der Waals surface area contributed by atoms with E-state index in [1.165, 1.54) is 79.1 Å². The number of benzene rings is 9. The fraction of sp³-hybridized carbons (Fsp3) is 0.357. The molecule has 4 heterocycles. The van der Waals surface area contributed by atoms with Gasteiger partial charge in [-0.3, -0.25) is 20.4 Å². The van der Waals surface area contributed by atoms with E-state index in [-0.39, 0.29) is 55.3 Å². The van der Waals surface area contributed by atoms with Crippen LogP contribution in [0.15, 0.2) is 164 Å². The molecule has 0 aliphatic rings. The van der Waals surface area contributed by atoms with Crippen molar-refractivity contribution in [3.8, 4) is 17.2 Å². The van der Waals surface area contributed by atoms with Gasteiger partial charge in [0.2, 0.25) is 0 Å². The second-order valence-electron chi connectivity index (χ2n) is 32.5. The highest BCUT2D eigenvalue weighted by Crippen LogP contribution is 2.40. The average Bonchev–Trinajstić information content (AvgIpc) is 1.44. The van der Waals surface area contributed by atoms with Gasteiger partial charge in [0.1, 0.15) is 28.9 Å². The van der Waals surface area contributed by atoms with Crippen molar-refractivity contribution < 1.29 is 24.1 Å². The SMILES string of the molecule is CC(C)(C)c1c(Cl)ccc2[nH]ncc12.CC(C)(C)c1c(F)ccc2cn[nH]c12.CC(C)(C)c1c(O)ccc2ccccc12.CC(C)(C)c1c(O)cccc1F.CC(C)(C)c1cc(O)cc2ccccc12.Cc1ccc2[nH]ncc2c1C(C)(C)C.Cc1ccc2cn[nH]c2c1C(C)(C)C. The Bertz CT molecular complexity index is 4470. The second kappa shape index (κ2) is 30.0. The predicted molar refractivity (Wildman–Crippen MR) is 409 cm³/mol. The Labute approximate surface area is 583 Å². The van der Waals surface area contributed by atoms with E-state index in [0.717, 1.165) is 54.2 Å². The van der Waals surface area contributed by atoms with Gasteiger partial charge in [0.15, 0.2) is 0 Å². The summed E-state index contributed by atoms with van der Waals surface area (Å²) >= 11 is 6.20. The first kappa shape index (κ1) is 76.3. The van der Waals surface area contributed by atoms with Gasteiger partial charge in [-0.15, -0.1) is 0 Å². The number of phenols is 3. The van der Waals surface area contributed by atoms with Crippen LogP contribution >= 0.6 is 11.6 Å². The molecule has 0 bridgehead atoms. The Morgan fingerprint density at radius 1 is 0.327 bits per heavy atom. The van der Waals surface area contributed by atoms with Crippen LogP contribution in [0.5, 0.6) is 17.2 Å². The third kappa shape index (κ3) is 18.6. The molecular formula is C84H103ClF2N8O3. The van der Waals surface area contributed by atoms with Crippen molar-refractivity contribution in [1.82, 2.24) is 40.8 Å². The zero-order chi connectivity index (χ0) is 72.8. The predicted octanol–water partition coefficient (Wildman–Crippen LogP) is 23.4. The molecule has 11 nitrogen and oxygen atoms in total. The van der Waals surface area contributed by atoms with E-state index in [1.807, 2.05) is 121 Å². The minimum absolute atomic E-state index is 0.0301. The van der Waals surface area contributed by atoms with E-state index in [1.54, 1.807) is 18.3 Å². The average molecular weight is 1350 g/mol. The van der Waals surface area contributed by atoms with E-state index in [2.05, 4.69) is 201 Å². The topological polar surface area (TPSA) is 175 Å². The molecule has 7 N–H and O–H groups in total. The molecule has 0 saturated carbocycles. The number of nitrogens with one attached hydrogen (secondary N) is 4. The maximum atomic E-state index is 13.6. The summed E-state index contributed by atoms with van der Waals surface area (Å²) in [5.41, 5.74) is 13.9. The van der Waals surface area contributed by atoms with Crippen molar-refractivity contribution in [2.24, 2.45) is 0 Å². The zero-order valence-electron chi connectivity index (χ0n) is 61.9. The van der Waals surface area contributed by atoms with E-state index in [9.17, 15) is 24.1 Å². The van der Waals surface area contributed by atoms with Crippen LogP contribution in [0.2, 0.25) is 5.02 Å². The largest absolute Gasteiger partial charge is 0.508 e. The molecule has 0 amide bonds. The Balaban J connectivity index is 0.000000161. The summed E-state index contributed by atoms with van der Waals surface area (Å²) in [6.45, 7) is 48.6. The molecule has 0 unspecified atom stereocenters. The third-order valence-corrected chi connectivity index (χ3v) is 17.2. The minimum atomic E-state index is -0.352. The summed E-state index contributed by atoms with van der Waals surface area (Å²) in [5.74, 6) is 0.249. The number of aryl methyl sites for hydroxylation is 2. The summed E-state index contributed by atoms with van der Waals surface area (Å²) in [6, 6.07) is 43.8. The Morgan fingerprint density at radius 3 is 1.26 bits per heavy atom. The van der Waals surface area contributed by atoms with Gasteiger partial charge in [-0.25, -0.2) is 8.78 Å². The van der Waals surface area contributed by atoms with Crippen LogP contribution in [0.1, 0.15) is 195 Å². The summed E-state index contributed by atoms with van der Waals surface area (Å²) in [7, 11) is 0. The van der Waals surface area contributed by atoms with E-state index in [4.69, 9.17) is 11.6 Å². The van der Waals surface area contributed by atoms with Crippen molar-refractivity contribution in [1.29, 1.82) is 0 Å². The van der Waals surface area contributed by atoms with Crippen LogP contribution in [-0.2, 0) is 37.9 Å². The Morgan fingerprint density at radius 2 is 0.745 bits per heavy atom. The lowest BCUT2D eigenvalue weighted by Gasteiger charge is -2.22. The maximum Gasteiger partial charge on any atom is 0.130 e. The summed E-state index contributed by atoms with van der Waals surface area (Å²) in [6.07, 6.45) is 7.35. The first-order valence-electron chi connectivity index (χ1n) is 33.4. The van der Waals surface area contributed by atoms with Crippen molar-refractivity contribution in [2.45, 2.75) is 197 Å². The first-order valence-corrected chi connectivity index (χ1v) is 33.8. The van der Waals surface area contributed by atoms with Gasteiger partial charge in [0, 0.05) is 43.3 Å². The maximum absolute atomic E-state index is 13.6.